The Kier molecular flexibility index (Phi) is 7.54. The van der Waals surface area contributed by atoms with E-state index in [1.165, 1.54) is 37.4 Å². The van der Waals surface area contributed by atoms with Gasteiger partial charge in [-0.05, 0) is 55.3 Å². The Hall–Kier alpha value is -2.81. The van der Waals surface area contributed by atoms with Crippen molar-refractivity contribution in [2.45, 2.75) is 23.6 Å². The number of hydrogen-bond donors (Lipinski definition) is 1. The summed E-state index contributed by atoms with van der Waals surface area (Å²) in [7, 11) is 1.45. The molecule has 35 heavy (non-hydrogen) atoms. The van der Waals surface area contributed by atoms with E-state index in [2.05, 4.69) is 5.32 Å². The summed E-state index contributed by atoms with van der Waals surface area (Å²) >= 11 is 18.4. The van der Waals surface area contributed by atoms with Crippen LogP contribution in [0.5, 0.6) is 5.75 Å². The van der Waals surface area contributed by atoms with E-state index in [0.717, 1.165) is 4.90 Å². The third-order valence-corrected chi connectivity index (χ3v) is 7.37. The van der Waals surface area contributed by atoms with Crippen LogP contribution < -0.4 is 15.0 Å². The summed E-state index contributed by atoms with van der Waals surface area (Å²) in [6, 6.07) is 10.5. The second kappa shape index (κ2) is 10.4. The first-order valence-corrected chi connectivity index (χ1v) is 12.0. The predicted molar refractivity (Wildman–Crippen MR) is 131 cm³/mol. The van der Waals surface area contributed by atoms with Crippen molar-refractivity contribution < 1.29 is 28.7 Å². The number of anilines is 2. The number of methoxy groups -OCH3 is 1. The van der Waals surface area contributed by atoms with Crippen molar-refractivity contribution >= 4 is 69.9 Å². The lowest BCUT2D eigenvalue weighted by atomic mass is 9.80. The highest BCUT2D eigenvalue weighted by Gasteiger charge is 2.52. The van der Waals surface area contributed by atoms with Gasteiger partial charge in [0.1, 0.15) is 5.75 Å². The van der Waals surface area contributed by atoms with Gasteiger partial charge >= 0.3 is 5.97 Å². The molecule has 1 saturated carbocycles. The molecule has 0 spiro atoms. The van der Waals surface area contributed by atoms with Crippen molar-refractivity contribution in [2.24, 2.45) is 11.8 Å². The standard InChI is InChI=1S/C24H21Cl3N2O6/c1-34-20-7-4-13(25)8-19(20)28-21(30)11-35-24(33)12-2-5-14(6-3-12)29-22(31)15-9-17(26)18(27)10-16(15)23(29)32/h2-8,15-18H,9-11H2,1H3,(H,28,30)/t15-,16-,17-,18+/m1/s1. The number of carbonyl (C=O) groups is 4. The average Bonchev–Trinajstić information content (AvgIpc) is 3.07. The van der Waals surface area contributed by atoms with Crippen LogP contribution in [-0.2, 0) is 19.1 Å². The highest BCUT2D eigenvalue weighted by molar-refractivity contribution is 6.31. The number of esters is 1. The van der Waals surface area contributed by atoms with Crippen LogP contribution in [0.25, 0.3) is 0 Å². The van der Waals surface area contributed by atoms with Crippen LogP contribution >= 0.6 is 34.8 Å². The molecule has 1 aliphatic carbocycles. The summed E-state index contributed by atoms with van der Waals surface area (Å²) < 4.78 is 10.2. The van der Waals surface area contributed by atoms with E-state index in [1.807, 2.05) is 0 Å². The second-order valence-electron chi connectivity index (χ2n) is 8.24. The SMILES string of the molecule is COc1ccc(Cl)cc1NC(=O)COC(=O)c1ccc(N2C(=O)[C@@H]3C[C@@H](Cl)[C@@H](Cl)C[C@H]3C2=O)cc1. The number of nitrogens with zero attached hydrogens (tertiary/aromatic N) is 1. The van der Waals surface area contributed by atoms with Crippen LogP contribution in [0.2, 0.25) is 5.02 Å². The normalized spacial score (nSPS) is 23.6. The van der Waals surface area contributed by atoms with Crippen molar-refractivity contribution in [1.29, 1.82) is 0 Å². The molecule has 2 aromatic rings. The van der Waals surface area contributed by atoms with Gasteiger partial charge in [-0.1, -0.05) is 11.6 Å². The summed E-state index contributed by atoms with van der Waals surface area (Å²) in [5.74, 6) is -2.56. The fraction of sp³-hybridized carbons (Fsp3) is 0.333. The fourth-order valence-corrected chi connectivity index (χ4v) is 5.04. The number of carbonyl (C=O) groups excluding carboxylic acids is 4. The molecule has 4 atom stereocenters. The molecule has 1 N–H and O–H groups in total. The monoisotopic (exact) mass is 538 g/mol. The molecule has 1 aliphatic heterocycles. The van der Waals surface area contributed by atoms with Crippen molar-refractivity contribution in [1.82, 2.24) is 0 Å². The van der Waals surface area contributed by atoms with Crippen LogP contribution in [0.1, 0.15) is 23.2 Å². The zero-order valence-electron chi connectivity index (χ0n) is 18.5. The number of hydrogen-bond acceptors (Lipinski definition) is 6. The molecule has 0 radical (unpaired) electrons. The van der Waals surface area contributed by atoms with Gasteiger partial charge in [-0.15, -0.1) is 23.2 Å². The highest BCUT2D eigenvalue weighted by atomic mass is 35.5. The first-order chi connectivity index (χ1) is 16.7. The molecule has 1 heterocycles. The number of ether oxygens (including phenoxy) is 2. The summed E-state index contributed by atoms with van der Waals surface area (Å²) in [4.78, 5) is 51.5. The van der Waals surface area contributed by atoms with Crippen molar-refractivity contribution in [3.63, 3.8) is 0 Å². The molecule has 3 amide bonds. The molecule has 2 aromatic carbocycles. The minimum absolute atomic E-state index is 0.153. The zero-order valence-corrected chi connectivity index (χ0v) is 20.8. The van der Waals surface area contributed by atoms with E-state index in [9.17, 15) is 19.2 Å². The molecule has 11 heteroatoms. The van der Waals surface area contributed by atoms with Gasteiger partial charge in [0.15, 0.2) is 6.61 Å². The molecule has 2 fully saturated rings. The van der Waals surface area contributed by atoms with Crippen molar-refractivity contribution in [2.75, 3.05) is 23.9 Å². The first kappa shape index (κ1) is 25.3. The quantitative estimate of drug-likeness (QED) is 0.334. The number of amides is 3. The van der Waals surface area contributed by atoms with Gasteiger partial charge in [-0.3, -0.25) is 19.3 Å². The third kappa shape index (κ3) is 5.24. The van der Waals surface area contributed by atoms with Crippen molar-refractivity contribution in [3.05, 3.63) is 53.1 Å². The maximum absolute atomic E-state index is 12.9. The smallest absolute Gasteiger partial charge is 0.338 e. The van der Waals surface area contributed by atoms with E-state index < -0.39 is 30.3 Å². The number of halogens is 3. The maximum atomic E-state index is 12.9. The molecule has 1 saturated heterocycles. The average molecular weight is 540 g/mol. The number of imide groups is 1. The molecule has 8 nitrogen and oxygen atoms in total. The third-order valence-electron chi connectivity index (χ3n) is 6.04. The maximum Gasteiger partial charge on any atom is 0.338 e. The van der Waals surface area contributed by atoms with Crippen LogP contribution in [0.4, 0.5) is 11.4 Å². The number of rotatable bonds is 6. The highest BCUT2D eigenvalue weighted by Crippen LogP contribution is 2.43. The van der Waals surface area contributed by atoms with Crippen LogP contribution in [0.15, 0.2) is 42.5 Å². The lowest BCUT2D eigenvalue weighted by Crippen LogP contribution is -2.34. The van der Waals surface area contributed by atoms with E-state index in [1.54, 1.807) is 12.1 Å². The van der Waals surface area contributed by atoms with Crippen LogP contribution in [0, 0.1) is 11.8 Å². The Morgan fingerprint density at radius 2 is 1.60 bits per heavy atom. The number of nitrogens with one attached hydrogen (secondary N) is 1. The van der Waals surface area contributed by atoms with Crippen molar-refractivity contribution in [3.8, 4) is 5.75 Å². The number of fused-ring (bicyclic) bond motifs is 1. The topological polar surface area (TPSA) is 102 Å². The Morgan fingerprint density at radius 1 is 1.00 bits per heavy atom. The molecular weight excluding hydrogens is 519 g/mol. The molecular formula is C24H21Cl3N2O6. The minimum atomic E-state index is -0.743. The first-order valence-electron chi connectivity index (χ1n) is 10.8. The number of benzene rings is 2. The Balaban J connectivity index is 1.37. The van der Waals surface area contributed by atoms with Gasteiger partial charge in [-0.2, -0.15) is 0 Å². The summed E-state index contributed by atoms with van der Waals surface area (Å²) in [6.07, 6.45) is 0.685. The Bertz CT molecular complexity index is 1140. The summed E-state index contributed by atoms with van der Waals surface area (Å²) in [6.45, 7) is -0.540. The van der Waals surface area contributed by atoms with Crippen LogP contribution in [0.3, 0.4) is 0 Å². The van der Waals surface area contributed by atoms with Gasteiger partial charge in [0, 0.05) is 5.02 Å². The molecule has 0 unspecified atom stereocenters. The lowest BCUT2D eigenvalue weighted by molar-refractivity contribution is -0.122. The Morgan fingerprint density at radius 3 is 2.17 bits per heavy atom. The number of alkyl halides is 2. The zero-order chi connectivity index (χ0) is 25.3. The molecule has 184 valence electrons. The van der Waals surface area contributed by atoms with E-state index >= 15 is 0 Å². The predicted octanol–water partition coefficient (Wildman–Crippen LogP) is 4.26. The largest absolute Gasteiger partial charge is 0.495 e. The van der Waals surface area contributed by atoms with Crippen LogP contribution in [-0.4, -0.2) is 48.2 Å². The fourth-order valence-electron chi connectivity index (χ4n) is 4.27. The minimum Gasteiger partial charge on any atom is -0.495 e. The Labute approximate surface area is 216 Å². The molecule has 0 bridgehead atoms. The molecule has 2 aliphatic rings. The molecule has 0 aromatic heterocycles. The summed E-state index contributed by atoms with van der Waals surface area (Å²) in [5, 5.41) is 2.23. The lowest BCUT2D eigenvalue weighted by Gasteiger charge is -2.28. The van der Waals surface area contributed by atoms with Gasteiger partial charge in [0.05, 0.1) is 46.6 Å². The van der Waals surface area contributed by atoms with Gasteiger partial charge in [0.2, 0.25) is 11.8 Å². The van der Waals surface area contributed by atoms with E-state index in [4.69, 9.17) is 44.3 Å². The second-order valence-corrected chi connectivity index (χ2v) is 9.80. The van der Waals surface area contributed by atoms with E-state index in [0.29, 0.717) is 35.0 Å². The van der Waals surface area contributed by atoms with Gasteiger partial charge in [0.25, 0.3) is 5.91 Å². The van der Waals surface area contributed by atoms with Gasteiger partial charge in [-0.25, -0.2) is 4.79 Å². The summed E-state index contributed by atoms with van der Waals surface area (Å²) in [5.41, 5.74) is 0.834. The van der Waals surface area contributed by atoms with E-state index in [-0.39, 0.29) is 28.1 Å². The van der Waals surface area contributed by atoms with Gasteiger partial charge < -0.3 is 14.8 Å². The molecule has 4 rings (SSSR count).